The minimum Gasteiger partial charge on any atom is -0.467 e. The van der Waals surface area contributed by atoms with Crippen molar-refractivity contribution in [3.63, 3.8) is 0 Å². The van der Waals surface area contributed by atoms with Crippen LogP contribution in [-0.4, -0.2) is 17.2 Å². The van der Waals surface area contributed by atoms with Crippen LogP contribution in [0.2, 0.25) is 0 Å². The molecule has 2 rings (SSSR count). The van der Waals surface area contributed by atoms with Gasteiger partial charge in [-0.1, -0.05) is 0 Å². The van der Waals surface area contributed by atoms with Gasteiger partial charge >= 0.3 is 5.97 Å². The topological polar surface area (TPSA) is 63.5 Å². The van der Waals surface area contributed by atoms with Crippen LogP contribution in [0.4, 0.5) is 0 Å². The standard InChI is InChI=1S/C13H16N2O3S/c1-7(2)18-12(16)10-8(3)14-13(19)15-11(10)9-5-4-6-17-9/h4-7,11H,1-3H3,(H2,14,15,19)/t11-/m1/s1. The lowest BCUT2D eigenvalue weighted by Crippen LogP contribution is -2.45. The quantitative estimate of drug-likeness (QED) is 0.652. The molecule has 6 heteroatoms. The van der Waals surface area contributed by atoms with Gasteiger partial charge in [-0.15, -0.1) is 0 Å². The minimum atomic E-state index is -0.421. The van der Waals surface area contributed by atoms with Crippen molar-refractivity contribution in [3.05, 3.63) is 35.4 Å². The minimum absolute atomic E-state index is 0.182. The number of esters is 1. The normalized spacial score (nSPS) is 19.2. The van der Waals surface area contributed by atoms with Gasteiger partial charge in [0.05, 0.1) is 17.9 Å². The molecule has 0 aromatic carbocycles. The van der Waals surface area contributed by atoms with Crippen molar-refractivity contribution >= 4 is 23.3 Å². The maximum atomic E-state index is 12.2. The summed E-state index contributed by atoms with van der Waals surface area (Å²) in [7, 11) is 0. The molecule has 2 N–H and O–H groups in total. The van der Waals surface area contributed by atoms with Crippen LogP contribution in [0.1, 0.15) is 32.6 Å². The predicted molar refractivity (Wildman–Crippen MR) is 74.2 cm³/mol. The maximum Gasteiger partial charge on any atom is 0.338 e. The number of ether oxygens (including phenoxy) is 1. The smallest absolute Gasteiger partial charge is 0.338 e. The number of furan rings is 1. The van der Waals surface area contributed by atoms with Gasteiger partial charge in [-0.3, -0.25) is 0 Å². The molecule has 2 heterocycles. The van der Waals surface area contributed by atoms with Crippen LogP contribution < -0.4 is 10.6 Å². The van der Waals surface area contributed by atoms with Gasteiger partial charge < -0.3 is 19.8 Å². The number of allylic oxidation sites excluding steroid dienone is 1. The van der Waals surface area contributed by atoms with Crippen LogP contribution in [0, 0.1) is 0 Å². The van der Waals surface area contributed by atoms with Gasteiger partial charge in [-0.2, -0.15) is 0 Å². The highest BCUT2D eigenvalue weighted by molar-refractivity contribution is 7.80. The largest absolute Gasteiger partial charge is 0.467 e. The zero-order valence-corrected chi connectivity index (χ0v) is 11.8. The average molecular weight is 280 g/mol. The first-order valence-electron chi connectivity index (χ1n) is 6.01. The van der Waals surface area contributed by atoms with Crippen molar-refractivity contribution in [1.82, 2.24) is 10.6 Å². The van der Waals surface area contributed by atoms with E-state index in [4.69, 9.17) is 21.4 Å². The van der Waals surface area contributed by atoms with E-state index in [-0.39, 0.29) is 12.1 Å². The lowest BCUT2D eigenvalue weighted by Gasteiger charge is -2.28. The molecule has 19 heavy (non-hydrogen) atoms. The molecular formula is C13H16N2O3S. The monoisotopic (exact) mass is 280 g/mol. The zero-order chi connectivity index (χ0) is 14.0. The van der Waals surface area contributed by atoms with Crippen LogP contribution >= 0.6 is 12.2 Å². The van der Waals surface area contributed by atoms with Gasteiger partial charge in [0, 0.05) is 5.70 Å². The summed E-state index contributed by atoms with van der Waals surface area (Å²) in [5, 5.41) is 6.41. The number of rotatable bonds is 3. The fourth-order valence-corrected chi connectivity index (χ4v) is 2.18. The molecule has 1 atom stereocenters. The Kier molecular flexibility index (Phi) is 3.90. The first-order chi connectivity index (χ1) is 8.99. The number of carbonyl (C=O) groups excluding carboxylic acids is 1. The molecule has 0 spiro atoms. The molecule has 0 unspecified atom stereocenters. The van der Waals surface area contributed by atoms with E-state index >= 15 is 0 Å². The van der Waals surface area contributed by atoms with Crippen LogP contribution in [-0.2, 0) is 9.53 Å². The van der Waals surface area contributed by atoms with E-state index in [9.17, 15) is 4.79 Å². The molecule has 0 saturated carbocycles. The molecule has 0 bridgehead atoms. The van der Waals surface area contributed by atoms with E-state index in [1.54, 1.807) is 25.3 Å². The highest BCUT2D eigenvalue weighted by atomic mass is 32.1. The van der Waals surface area contributed by atoms with E-state index in [1.165, 1.54) is 0 Å². The van der Waals surface area contributed by atoms with Crippen molar-refractivity contribution in [2.45, 2.75) is 32.9 Å². The molecule has 1 aliphatic rings. The second kappa shape index (κ2) is 5.44. The zero-order valence-electron chi connectivity index (χ0n) is 11.0. The summed E-state index contributed by atoms with van der Waals surface area (Å²) >= 11 is 5.11. The molecule has 0 aliphatic carbocycles. The Morgan fingerprint density at radius 3 is 2.84 bits per heavy atom. The maximum absolute atomic E-state index is 12.2. The molecule has 1 aromatic rings. The number of hydrogen-bond acceptors (Lipinski definition) is 4. The van der Waals surface area contributed by atoms with Crippen molar-refractivity contribution in [3.8, 4) is 0 Å². The van der Waals surface area contributed by atoms with E-state index in [0.717, 1.165) is 0 Å². The highest BCUT2D eigenvalue weighted by Crippen LogP contribution is 2.28. The van der Waals surface area contributed by atoms with Gasteiger partial charge in [-0.05, 0) is 45.1 Å². The predicted octanol–water partition coefficient (Wildman–Crippen LogP) is 2.02. The number of nitrogens with one attached hydrogen (secondary N) is 2. The van der Waals surface area contributed by atoms with Gasteiger partial charge in [0.1, 0.15) is 11.8 Å². The molecule has 0 radical (unpaired) electrons. The fraction of sp³-hybridized carbons (Fsp3) is 0.385. The van der Waals surface area contributed by atoms with Crippen LogP contribution in [0.3, 0.4) is 0 Å². The van der Waals surface area contributed by atoms with E-state index < -0.39 is 6.04 Å². The molecular weight excluding hydrogens is 264 g/mol. The molecule has 1 aromatic heterocycles. The Bertz CT molecular complexity index is 520. The van der Waals surface area contributed by atoms with Gasteiger partial charge in [0.15, 0.2) is 5.11 Å². The van der Waals surface area contributed by atoms with Crippen LogP contribution in [0.15, 0.2) is 34.1 Å². The first kappa shape index (κ1) is 13.6. The summed E-state index contributed by atoms with van der Waals surface area (Å²) in [6, 6.07) is 3.14. The Labute approximate surface area is 117 Å². The lowest BCUT2D eigenvalue weighted by molar-refractivity contribution is -0.143. The third kappa shape index (κ3) is 2.96. The Morgan fingerprint density at radius 2 is 2.26 bits per heavy atom. The van der Waals surface area contributed by atoms with Crippen LogP contribution in [0.5, 0.6) is 0 Å². The average Bonchev–Trinajstić information content (AvgIpc) is 2.79. The summed E-state index contributed by atoms with van der Waals surface area (Å²) < 4.78 is 10.6. The second-order valence-electron chi connectivity index (χ2n) is 4.54. The van der Waals surface area contributed by atoms with Gasteiger partial charge in [0.2, 0.25) is 0 Å². The molecule has 1 aliphatic heterocycles. The van der Waals surface area contributed by atoms with Crippen LogP contribution in [0.25, 0.3) is 0 Å². The Balaban J connectivity index is 2.36. The fourth-order valence-electron chi connectivity index (χ4n) is 1.91. The highest BCUT2D eigenvalue weighted by Gasteiger charge is 2.32. The van der Waals surface area contributed by atoms with Crippen molar-refractivity contribution in [2.24, 2.45) is 0 Å². The SMILES string of the molecule is CC1=C(C(=O)OC(C)C)[C@@H](c2ccco2)NC(=S)N1. The van der Waals surface area contributed by atoms with Crippen molar-refractivity contribution in [2.75, 3.05) is 0 Å². The summed E-state index contributed by atoms with van der Waals surface area (Å²) in [6.07, 6.45) is 1.38. The van der Waals surface area contributed by atoms with Crippen molar-refractivity contribution < 1.29 is 13.9 Å². The van der Waals surface area contributed by atoms with Gasteiger partial charge in [0.25, 0.3) is 0 Å². The molecule has 0 saturated heterocycles. The number of thiocarbonyl (C=S) groups is 1. The number of hydrogen-bond donors (Lipinski definition) is 2. The van der Waals surface area contributed by atoms with E-state index in [1.807, 2.05) is 13.8 Å². The molecule has 0 fully saturated rings. The third-order valence-electron chi connectivity index (χ3n) is 2.66. The second-order valence-corrected chi connectivity index (χ2v) is 4.95. The first-order valence-corrected chi connectivity index (χ1v) is 6.42. The number of carbonyl (C=O) groups is 1. The third-order valence-corrected chi connectivity index (χ3v) is 2.88. The molecule has 5 nitrogen and oxygen atoms in total. The molecule has 0 amide bonds. The Hall–Kier alpha value is -1.82. The Morgan fingerprint density at radius 1 is 1.53 bits per heavy atom. The van der Waals surface area contributed by atoms with Gasteiger partial charge in [-0.25, -0.2) is 4.79 Å². The van der Waals surface area contributed by atoms with E-state index in [2.05, 4.69) is 10.6 Å². The van der Waals surface area contributed by atoms with E-state index in [0.29, 0.717) is 22.1 Å². The summed E-state index contributed by atoms with van der Waals surface area (Å²) in [5.74, 6) is 0.246. The van der Waals surface area contributed by atoms with Crippen molar-refractivity contribution in [1.29, 1.82) is 0 Å². The molecule has 102 valence electrons. The lowest BCUT2D eigenvalue weighted by atomic mass is 10.0. The summed E-state index contributed by atoms with van der Waals surface area (Å²) in [4.78, 5) is 12.2. The summed E-state index contributed by atoms with van der Waals surface area (Å²) in [5.41, 5.74) is 1.16. The summed E-state index contributed by atoms with van der Waals surface area (Å²) in [6.45, 7) is 5.41.